The van der Waals surface area contributed by atoms with E-state index in [1.165, 1.54) is 17.5 Å². The molecule has 0 saturated carbocycles. The third-order valence-electron chi connectivity index (χ3n) is 6.37. The highest BCUT2D eigenvalue weighted by atomic mass is 32.1. The number of nitriles is 1. The summed E-state index contributed by atoms with van der Waals surface area (Å²) >= 11 is 1.37. The van der Waals surface area contributed by atoms with E-state index in [9.17, 15) is 14.9 Å². The number of pyridine rings is 1. The maximum absolute atomic E-state index is 13.4. The molecule has 2 amide bonds. The molecule has 36 heavy (non-hydrogen) atoms. The second kappa shape index (κ2) is 10.0. The third kappa shape index (κ3) is 4.67. The van der Waals surface area contributed by atoms with Crippen LogP contribution in [0.2, 0.25) is 0 Å². The summed E-state index contributed by atoms with van der Waals surface area (Å²) in [6.45, 7) is 3.53. The van der Waals surface area contributed by atoms with Gasteiger partial charge in [0.2, 0.25) is 0 Å². The first-order chi connectivity index (χ1) is 17.5. The van der Waals surface area contributed by atoms with Gasteiger partial charge in [-0.3, -0.25) is 19.9 Å². The highest BCUT2D eigenvalue weighted by molar-refractivity contribution is 7.15. The number of rotatable bonds is 5. The number of fused-ring (bicyclic) bond motifs is 1. The smallest absolute Gasteiger partial charge is 0.259 e. The number of hydrogen-bond acceptors (Lipinski definition) is 8. The molecular formula is C26H25N5O4S. The molecule has 184 valence electrons. The fraction of sp³-hybridized carbons (Fsp3) is 0.346. The quantitative estimate of drug-likeness (QED) is 0.564. The minimum absolute atomic E-state index is 0.0288. The molecule has 1 N–H and O–H groups in total. The lowest BCUT2D eigenvalue weighted by atomic mass is 9.97. The molecule has 3 aromatic rings. The zero-order valence-corrected chi connectivity index (χ0v) is 20.9. The van der Waals surface area contributed by atoms with Crippen molar-refractivity contribution in [3.8, 4) is 22.9 Å². The van der Waals surface area contributed by atoms with Crippen LogP contribution < -0.4 is 10.1 Å². The number of carbonyl (C=O) groups excluding carboxylic acids is 2. The van der Waals surface area contributed by atoms with Gasteiger partial charge in [-0.15, -0.1) is 0 Å². The van der Waals surface area contributed by atoms with Crippen molar-refractivity contribution in [2.75, 3.05) is 25.6 Å². The van der Waals surface area contributed by atoms with Crippen LogP contribution in [0.1, 0.15) is 45.0 Å². The Kier molecular flexibility index (Phi) is 6.67. The topological polar surface area (TPSA) is 117 Å². The van der Waals surface area contributed by atoms with E-state index in [4.69, 9.17) is 9.47 Å². The molecule has 0 radical (unpaired) electrons. The lowest BCUT2D eigenvalue weighted by Gasteiger charge is -2.28. The van der Waals surface area contributed by atoms with Crippen LogP contribution in [-0.2, 0) is 22.5 Å². The van der Waals surface area contributed by atoms with Gasteiger partial charge in [-0.2, -0.15) is 5.26 Å². The molecule has 1 aromatic carbocycles. The van der Waals surface area contributed by atoms with E-state index in [2.05, 4.69) is 21.4 Å². The number of anilines is 1. The first-order valence-electron chi connectivity index (χ1n) is 11.7. The fourth-order valence-corrected chi connectivity index (χ4v) is 5.55. The second-order valence-corrected chi connectivity index (χ2v) is 9.84. The predicted octanol–water partition coefficient (Wildman–Crippen LogP) is 3.71. The van der Waals surface area contributed by atoms with Crippen molar-refractivity contribution in [3.63, 3.8) is 0 Å². The number of nitrogens with zero attached hydrogens (tertiary/aromatic N) is 4. The van der Waals surface area contributed by atoms with Gasteiger partial charge >= 0.3 is 0 Å². The number of methoxy groups -OCH3 is 1. The zero-order chi connectivity index (χ0) is 25.2. The van der Waals surface area contributed by atoms with Crippen LogP contribution in [0.25, 0.3) is 11.1 Å². The van der Waals surface area contributed by atoms with Crippen molar-refractivity contribution in [1.82, 2.24) is 14.9 Å². The average molecular weight is 504 g/mol. The number of aryl methyl sites for hydroxylation is 1. The van der Waals surface area contributed by atoms with E-state index < -0.39 is 0 Å². The summed E-state index contributed by atoms with van der Waals surface area (Å²) in [6.07, 6.45) is 3.49. The molecule has 1 atom stereocenters. The number of thiazole rings is 1. The molecule has 2 aliphatic rings. The molecular weight excluding hydrogens is 478 g/mol. The Morgan fingerprint density at radius 3 is 2.92 bits per heavy atom. The van der Waals surface area contributed by atoms with Gasteiger partial charge in [-0.1, -0.05) is 11.3 Å². The van der Waals surface area contributed by atoms with Crippen molar-refractivity contribution in [2.24, 2.45) is 0 Å². The first-order valence-corrected chi connectivity index (χ1v) is 12.5. The summed E-state index contributed by atoms with van der Waals surface area (Å²) < 4.78 is 11.1. The largest absolute Gasteiger partial charge is 0.496 e. The highest BCUT2D eigenvalue weighted by Crippen LogP contribution is 2.35. The maximum Gasteiger partial charge on any atom is 0.259 e. The Bertz CT molecular complexity index is 1370. The van der Waals surface area contributed by atoms with Crippen LogP contribution in [0.4, 0.5) is 5.13 Å². The number of nitrogens with one attached hydrogen (secondary N) is 1. The van der Waals surface area contributed by atoms with E-state index in [1.54, 1.807) is 31.4 Å². The van der Waals surface area contributed by atoms with Gasteiger partial charge in [-0.25, -0.2) is 4.98 Å². The third-order valence-corrected chi connectivity index (χ3v) is 7.37. The summed E-state index contributed by atoms with van der Waals surface area (Å²) in [4.78, 5) is 37.8. The Balaban J connectivity index is 1.39. The molecule has 5 rings (SSSR count). The molecule has 0 bridgehead atoms. The lowest BCUT2D eigenvalue weighted by molar-refractivity contribution is -0.141. The molecule has 1 fully saturated rings. The molecule has 2 aromatic heterocycles. The number of aromatic nitrogens is 2. The Hall–Kier alpha value is -3.81. The Labute approximate surface area is 212 Å². The summed E-state index contributed by atoms with van der Waals surface area (Å²) in [5, 5.41) is 12.8. The summed E-state index contributed by atoms with van der Waals surface area (Å²) in [6, 6.07) is 9.02. The van der Waals surface area contributed by atoms with Gasteiger partial charge in [0.1, 0.15) is 11.9 Å². The molecule has 0 unspecified atom stereocenters. The number of hydrogen-bond donors (Lipinski definition) is 1. The summed E-state index contributed by atoms with van der Waals surface area (Å²) in [5.41, 5.74) is 3.68. The van der Waals surface area contributed by atoms with Crippen molar-refractivity contribution in [2.45, 2.75) is 38.8 Å². The number of carbonyl (C=O) groups is 2. The van der Waals surface area contributed by atoms with Crippen LogP contribution in [0.15, 0.2) is 30.5 Å². The van der Waals surface area contributed by atoms with Crippen LogP contribution in [-0.4, -0.2) is 53.0 Å². The SMILES string of the molecule is COc1ccc(C#N)cc1-c1cc(C)ncc1C(=O)Nc1nc2c(s1)CN(C(=O)[C@H]1CCCO1)CC2. The zero-order valence-electron chi connectivity index (χ0n) is 20.0. The van der Waals surface area contributed by atoms with E-state index in [0.29, 0.717) is 59.3 Å². The van der Waals surface area contributed by atoms with Crippen molar-refractivity contribution < 1.29 is 19.1 Å². The first kappa shape index (κ1) is 23.9. The van der Waals surface area contributed by atoms with Gasteiger partial charge in [0.15, 0.2) is 5.13 Å². The molecule has 0 spiro atoms. The second-order valence-electron chi connectivity index (χ2n) is 8.75. The van der Waals surface area contributed by atoms with Gasteiger partial charge < -0.3 is 14.4 Å². The van der Waals surface area contributed by atoms with Crippen LogP contribution >= 0.6 is 11.3 Å². The molecule has 10 heteroatoms. The summed E-state index contributed by atoms with van der Waals surface area (Å²) in [5.74, 6) is 0.218. The van der Waals surface area contributed by atoms with Gasteiger partial charge in [0, 0.05) is 47.5 Å². The number of benzene rings is 1. The predicted molar refractivity (Wildman–Crippen MR) is 134 cm³/mol. The van der Waals surface area contributed by atoms with Crippen molar-refractivity contribution >= 4 is 28.3 Å². The fourth-order valence-electron chi connectivity index (χ4n) is 4.53. The van der Waals surface area contributed by atoms with E-state index in [-0.39, 0.29) is 17.9 Å². The maximum atomic E-state index is 13.4. The van der Waals surface area contributed by atoms with Crippen molar-refractivity contribution in [1.29, 1.82) is 5.26 Å². The van der Waals surface area contributed by atoms with E-state index >= 15 is 0 Å². The molecule has 1 saturated heterocycles. The van der Waals surface area contributed by atoms with Gasteiger partial charge in [-0.05, 0) is 44.0 Å². The normalized spacial score (nSPS) is 16.8. The van der Waals surface area contributed by atoms with Crippen LogP contribution in [0.3, 0.4) is 0 Å². The van der Waals surface area contributed by atoms with Gasteiger partial charge in [0.05, 0.1) is 36.5 Å². The Morgan fingerprint density at radius 2 is 2.17 bits per heavy atom. The molecule has 9 nitrogen and oxygen atoms in total. The van der Waals surface area contributed by atoms with Crippen molar-refractivity contribution in [3.05, 3.63) is 57.9 Å². The van der Waals surface area contributed by atoms with Gasteiger partial charge in [0.25, 0.3) is 11.8 Å². The van der Waals surface area contributed by atoms with Crippen LogP contribution in [0, 0.1) is 18.3 Å². The number of amides is 2. The minimum Gasteiger partial charge on any atom is -0.496 e. The monoisotopic (exact) mass is 503 g/mol. The molecule has 4 heterocycles. The lowest BCUT2D eigenvalue weighted by Crippen LogP contribution is -2.41. The van der Waals surface area contributed by atoms with E-state index in [1.807, 2.05) is 11.8 Å². The number of ether oxygens (including phenoxy) is 2. The Morgan fingerprint density at radius 1 is 1.31 bits per heavy atom. The summed E-state index contributed by atoms with van der Waals surface area (Å²) in [7, 11) is 1.55. The highest BCUT2D eigenvalue weighted by Gasteiger charge is 2.32. The average Bonchev–Trinajstić information content (AvgIpc) is 3.57. The minimum atomic E-state index is -0.361. The standard InChI is InChI=1S/C26H25N5O4S/c1-15-10-17(18-11-16(12-27)5-6-21(18)34-2)19(13-28-15)24(32)30-26-29-20-7-8-31(14-23(20)36-26)25(33)22-4-3-9-35-22/h5-6,10-11,13,22H,3-4,7-9,14H2,1-2H3,(H,29,30,32)/t22-/m1/s1. The molecule has 2 aliphatic heterocycles. The van der Waals surface area contributed by atoms with Crippen LogP contribution in [0.5, 0.6) is 5.75 Å². The van der Waals surface area contributed by atoms with E-state index in [0.717, 1.165) is 29.1 Å². The molecule has 0 aliphatic carbocycles.